The third-order valence-electron chi connectivity index (χ3n) is 3.06. The summed E-state index contributed by atoms with van der Waals surface area (Å²) in [5, 5.41) is 8.12. The molecule has 2 heterocycles. The zero-order valence-corrected chi connectivity index (χ0v) is 11.7. The van der Waals surface area contributed by atoms with Crippen molar-refractivity contribution in [2.75, 3.05) is 6.79 Å². The molecule has 108 valence electrons. The van der Waals surface area contributed by atoms with Crippen LogP contribution in [0.1, 0.15) is 21.6 Å². The van der Waals surface area contributed by atoms with Crippen LogP contribution in [0.5, 0.6) is 11.5 Å². The Bertz CT molecular complexity index is 721. The van der Waals surface area contributed by atoms with Crippen molar-refractivity contribution in [1.29, 1.82) is 0 Å². The Morgan fingerprint density at radius 2 is 2.24 bits per heavy atom. The molecule has 1 aliphatic heterocycles. The number of aryl methyl sites for hydroxylation is 2. The second-order valence-corrected chi connectivity index (χ2v) is 4.61. The Hall–Kier alpha value is -2.83. The van der Waals surface area contributed by atoms with E-state index in [2.05, 4.69) is 15.6 Å². The number of aromatic nitrogens is 2. The minimum absolute atomic E-state index is 0.179. The zero-order chi connectivity index (χ0) is 14.8. The fourth-order valence-electron chi connectivity index (χ4n) is 2.01. The van der Waals surface area contributed by atoms with E-state index >= 15 is 0 Å². The molecule has 0 aliphatic carbocycles. The SMILES string of the molecule is Cc1nn(C)cc1/C=N\NC(=O)c1ccc2c(c1)OCO2. The number of hydrogen-bond acceptors (Lipinski definition) is 5. The summed E-state index contributed by atoms with van der Waals surface area (Å²) >= 11 is 0. The predicted octanol–water partition coefficient (Wildman–Crippen LogP) is 1.22. The quantitative estimate of drug-likeness (QED) is 0.680. The lowest BCUT2D eigenvalue weighted by atomic mass is 10.2. The number of benzene rings is 1. The highest BCUT2D eigenvalue weighted by Crippen LogP contribution is 2.32. The second kappa shape index (κ2) is 5.28. The van der Waals surface area contributed by atoms with E-state index < -0.39 is 0 Å². The number of rotatable bonds is 3. The van der Waals surface area contributed by atoms with Gasteiger partial charge in [0.15, 0.2) is 11.5 Å². The Kier molecular flexibility index (Phi) is 3.31. The summed E-state index contributed by atoms with van der Waals surface area (Å²) in [7, 11) is 1.83. The van der Waals surface area contributed by atoms with E-state index in [0.717, 1.165) is 11.3 Å². The molecule has 0 unspecified atom stereocenters. The first-order chi connectivity index (χ1) is 10.1. The van der Waals surface area contributed by atoms with Crippen molar-refractivity contribution in [2.24, 2.45) is 12.1 Å². The van der Waals surface area contributed by atoms with Crippen molar-refractivity contribution in [3.63, 3.8) is 0 Å². The van der Waals surface area contributed by atoms with Crippen molar-refractivity contribution in [2.45, 2.75) is 6.92 Å². The number of carbonyl (C=O) groups is 1. The Balaban J connectivity index is 1.68. The van der Waals surface area contributed by atoms with E-state index in [9.17, 15) is 4.79 Å². The normalized spacial score (nSPS) is 12.9. The van der Waals surface area contributed by atoms with Crippen molar-refractivity contribution in [3.05, 3.63) is 41.2 Å². The number of amides is 1. The van der Waals surface area contributed by atoms with E-state index in [1.807, 2.05) is 20.2 Å². The first-order valence-electron chi connectivity index (χ1n) is 6.37. The van der Waals surface area contributed by atoms with E-state index in [-0.39, 0.29) is 12.7 Å². The van der Waals surface area contributed by atoms with Gasteiger partial charge in [-0.2, -0.15) is 10.2 Å². The number of nitrogens with one attached hydrogen (secondary N) is 1. The summed E-state index contributed by atoms with van der Waals surface area (Å²) in [6.07, 6.45) is 3.39. The lowest BCUT2D eigenvalue weighted by Gasteiger charge is -2.01. The average molecular weight is 286 g/mol. The maximum Gasteiger partial charge on any atom is 0.271 e. The fraction of sp³-hybridized carbons (Fsp3) is 0.214. The van der Waals surface area contributed by atoms with Gasteiger partial charge < -0.3 is 9.47 Å². The maximum atomic E-state index is 12.0. The number of nitrogens with zero attached hydrogens (tertiary/aromatic N) is 3. The smallest absolute Gasteiger partial charge is 0.271 e. The molecule has 0 atom stereocenters. The number of hydrogen-bond donors (Lipinski definition) is 1. The molecule has 7 heteroatoms. The van der Waals surface area contributed by atoms with Gasteiger partial charge in [-0.15, -0.1) is 0 Å². The minimum Gasteiger partial charge on any atom is -0.454 e. The highest BCUT2D eigenvalue weighted by atomic mass is 16.7. The van der Waals surface area contributed by atoms with Crippen molar-refractivity contribution >= 4 is 12.1 Å². The fourth-order valence-corrected chi connectivity index (χ4v) is 2.01. The van der Waals surface area contributed by atoms with Crippen LogP contribution in [0, 0.1) is 6.92 Å². The largest absolute Gasteiger partial charge is 0.454 e. The molecule has 21 heavy (non-hydrogen) atoms. The number of fused-ring (bicyclic) bond motifs is 1. The molecule has 1 aromatic carbocycles. The van der Waals surface area contributed by atoms with Gasteiger partial charge in [-0.05, 0) is 25.1 Å². The summed E-state index contributed by atoms with van der Waals surface area (Å²) in [5.41, 5.74) is 4.63. The van der Waals surface area contributed by atoms with Crippen molar-refractivity contribution < 1.29 is 14.3 Å². The Morgan fingerprint density at radius 1 is 1.43 bits per heavy atom. The third kappa shape index (κ3) is 2.71. The lowest BCUT2D eigenvalue weighted by Crippen LogP contribution is -2.17. The summed E-state index contributed by atoms with van der Waals surface area (Å²) < 4.78 is 12.1. The van der Waals surface area contributed by atoms with Gasteiger partial charge in [-0.3, -0.25) is 9.48 Å². The molecule has 1 N–H and O–H groups in total. The van der Waals surface area contributed by atoms with Crippen LogP contribution in [-0.2, 0) is 7.05 Å². The van der Waals surface area contributed by atoms with E-state index in [1.54, 1.807) is 29.1 Å². The Morgan fingerprint density at radius 3 is 3.00 bits per heavy atom. The highest BCUT2D eigenvalue weighted by Gasteiger charge is 2.15. The van der Waals surface area contributed by atoms with Crippen LogP contribution >= 0.6 is 0 Å². The maximum absolute atomic E-state index is 12.0. The summed E-state index contributed by atoms with van der Waals surface area (Å²) in [6.45, 7) is 2.06. The molecule has 0 radical (unpaired) electrons. The van der Waals surface area contributed by atoms with E-state index in [0.29, 0.717) is 17.1 Å². The van der Waals surface area contributed by atoms with Crippen molar-refractivity contribution in [1.82, 2.24) is 15.2 Å². The number of ether oxygens (including phenoxy) is 2. The van der Waals surface area contributed by atoms with Gasteiger partial charge >= 0.3 is 0 Å². The van der Waals surface area contributed by atoms with Gasteiger partial charge in [-0.25, -0.2) is 5.43 Å². The topological polar surface area (TPSA) is 77.7 Å². The van der Waals surface area contributed by atoms with E-state index in [4.69, 9.17) is 9.47 Å². The molecule has 1 aliphatic rings. The van der Waals surface area contributed by atoms with E-state index in [1.165, 1.54) is 0 Å². The van der Waals surface area contributed by atoms with Gasteiger partial charge in [0, 0.05) is 24.4 Å². The molecule has 0 saturated carbocycles. The zero-order valence-electron chi connectivity index (χ0n) is 11.7. The van der Waals surface area contributed by atoms with Crippen LogP contribution in [0.15, 0.2) is 29.5 Å². The molecule has 7 nitrogen and oxygen atoms in total. The second-order valence-electron chi connectivity index (χ2n) is 4.61. The number of hydrazone groups is 1. The van der Waals surface area contributed by atoms with Crippen LogP contribution in [0.2, 0.25) is 0 Å². The number of carbonyl (C=O) groups excluding carboxylic acids is 1. The standard InChI is InChI=1S/C14H14N4O3/c1-9-11(7-18(2)17-9)6-15-16-14(19)10-3-4-12-13(5-10)21-8-20-12/h3-7H,8H2,1-2H3,(H,16,19)/b15-6-. The van der Waals surface area contributed by atoms with Crippen LogP contribution in [0.25, 0.3) is 0 Å². The summed E-state index contributed by atoms with van der Waals surface area (Å²) in [6, 6.07) is 4.99. The van der Waals surface area contributed by atoms with Crippen LogP contribution < -0.4 is 14.9 Å². The monoisotopic (exact) mass is 286 g/mol. The summed E-state index contributed by atoms with van der Waals surface area (Å²) in [5.74, 6) is 0.891. The van der Waals surface area contributed by atoms with Gasteiger partial charge in [0.1, 0.15) is 0 Å². The third-order valence-corrected chi connectivity index (χ3v) is 3.06. The van der Waals surface area contributed by atoms with Crippen molar-refractivity contribution in [3.8, 4) is 11.5 Å². The predicted molar refractivity (Wildman–Crippen MR) is 75.6 cm³/mol. The van der Waals surface area contributed by atoms with Crippen LogP contribution in [0.3, 0.4) is 0 Å². The van der Waals surface area contributed by atoms with Gasteiger partial charge in [0.2, 0.25) is 6.79 Å². The molecule has 0 bridgehead atoms. The van der Waals surface area contributed by atoms with Gasteiger partial charge in [0.05, 0.1) is 11.9 Å². The molecular formula is C14H14N4O3. The molecule has 0 saturated heterocycles. The Labute approximate surface area is 121 Å². The molecular weight excluding hydrogens is 272 g/mol. The molecule has 0 fully saturated rings. The molecule has 2 aromatic rings. The first-order valence-corrected chi connectivity index (χ1v) is 6.37. The minimum atomic E-state index is -0.314. The highest BCUT2D eigenvalue weighted by molar-refractivity contribution is 5.95. The molecule has 1 amide bonds. The molecule has 0 spiro atoms. The lowest BCUT2D eigenvalue weighted by molar-refractivity contribution is 0.0954. The summed E-state index contributed by atoms with van der Waals surface area (Å²) in [4.78, 5) is 12.0. The van der Waals surface area contributed by atoms with Gasteiger partial charge in [-0.1, -0.05) is 0 Å². The first kappa shape index (κ1) is 13.2. The average Bonchev–Trinajstić information content (AvgIpc) is 3.04. The molecule has 3 rings (SSSR count). The van der Waals surface area contributed by atoms with Gasteiger partial charge in [0.25, 0.3) is 5.91 Å². The van der Waals surface area contributed by atoms with Crippen LogP contribution in [0.4, 0.5) is 0 Å². The van der Waals surface area contributed by atoms with Crippen LogP contribution in [-0.4, -0.2) is 28.7 Å². The molecule has 1 aromatic heterocycles.